The normalized spacial score (nSPS) is 10.3. The number of rotatable bonds is 4. The highest BCUT2D eigenvalue weighted by molar-refractivity contribution is 7.17. The molecule has 2 N–H and O–H groups in total. The quantitative estimate of drug-likeness (QED) is 0.901. The van der Waals surface area contributed by atoms with Gasteiger partial charge in [-0.05, 0) is 19.1 Å². The Morgan fingerprint density at radius 2 is 2.26 bits per heavy atom. The van der Waals surface area contributed by atoms with E-state index in [9.17, 15) is 9.18 Å². The largest absolute Gasteiger partial charge is 0.497 e. The van der Waals surface area contributed by atoms with Crippen LogP contribution in [0.5, 0.6) is 5.75 Å². The molecule has 0 amide bonds. The molecule has 0 radical (unpaired) electrons. The van der Waals surface area contributed by atoms with Gasteiger partial charge in [0.05, 0.1) is 18.5 Å². The number of aryl methyl sites for hydroxylation is 1. The van der Waals surface area contributed by atoms with Crippen LogP contribution in [-0.4, -0.2) is 23.2 Å². The Bertz CT molecular complexity index is 627. The lowest BCUT2D eigenvalue weighted by molar-refractivity contribution is 0.0701. The maximum Gasteiger partial charge on any atom is 0.347 e. The third-order valence-corrected chi connectivity index (χ3v) is 3.47. The van der Waals surface area contributed by atoms with E-state index in [-0.39, 0.29) is 10.6 Å². The molecule has 0 saturated carbocycles. The van der Waals surface area contributed by atoms with Crippen LogP contribution in [0.15, 0.2) is 18.2 Å². The number of carbonyl (C=O) groups is 1. The summed E-state index contributed by atoms with van der Waals surface area (Å²) in [6, 6.07) is 4.24. The Morgan fingerprint density at radius 1 is 1.53 bits per heavy atom. The van der Waals surface area contributed by atoms with Crippen molar-refractivity contribution in [3.05, 3.63) is 34.6 Å². The highest BCUT2D eigenvalue weighted by atomic mass is 32.1. The molecule has 0 spiro atoms. The van der Waals surface area contributed by atoms with Crippen LogP contribution in [0.4, 0.5) is 15.2 Å². The predicted molar refractivity (Wildman–Crippen MR) is 70.0 cm³/mol. The number of carboxylic acid groups (broad SMARTS) is 1. The number of halogens is 1. The molecule has 0 saturated heterocycles. The number of ether oxygens (including phenoxy) is 1. The second-order valence-corrected chi connectivity index (χ2v) is 4.71. The van der Waals surface area contributed by atoms with Crippen LogP contribution in [0.3, 0.4) is 0 Å². The molecule has 0 aliphatic carbocycles. The van der Waals surface area contributed by atoms with E-state index in [1.165, 1.54) is 25.3 Å². The lowest BCUT2D eigenvalue weighted by atomic mass is 10.3. The van der Waals surface area contributed by atoms with Crippen LogP contribution in [0.1, 0.15) is 15.4 Å². The van der Waals surface area contributed by atoms with E-state index in [2.05, 4.69) is 10.3 Å². The highest BCUT2D eigenvalue weighted by Gasteiger charge is 2.15. The van der Waals surface area contributed by atoms with Crippen molar-refractivity contribution >= 4 is 28.1 Å². The molecule has 7 heteroatoms. The summed E-state index contributed by atoms with van der Waals surface area (Å²) in [5, 5.41) is 12.0. The highest BCUT2D eigenvalue weighted by Crippen LogP contribution is 2.29. The fourth-order valence-electron chi connectivity index (χ4n) is 1.49. The maximum absolute atomic E-state index is 13.6. The molecule has 0 aliphatic heterocycles. The van der Waals surface area contributed by atoms with Crippen molar-refractivity contribution < 1.29 is 19.0 Å². The van der Waals surface area contributed by atoms with Crippen molar-refractivity contribution in [1.82, 2.24) is 4.98 Å². The van der Waals surface area contributed by atoms with E-state index in [1.807, 2.05) is 0 Å². The smallest absolute Gasteiger partial charge is 0.347 e. The fraction of sp³-hybridized carbons (Fsp3) is 0.167. The summed E-state index contributed by atoms with van der Waals surface area (Å²) in [6.07, 6.45) is 0. The van der Waals surface area contributed by atoms with E-state index in [0.29, 0.717) is 16.6 Å². The fourth-order valence-corrected chi connectivity index (χ4v) is 2.31. The van der Waals surface area contributed by atoms with E-state index in [4.69, 9.17) is 9.84 Å². The number of hydrogen-bond acceptors (Lipinski definition) is 5. The van der Waals surface area contributed by atoms with Gasteiger partial charge in [0, 0.05) is 6.07 Å². The van der Waals surface area contributed by atoms with Crippen molar-refractivity contribution in [3.8, 4) is 5.75 Å². The number of hydrogen-bond donors (Lipinski definition) is 2. The van der Waals surface area contributed by atoms with Crippen molar-refractivity contribution in [1.29, 1.82) is 0 Å². The van der Waals surface area contributed by atoms with Crippen LogP contribution in [0.25, 0.3) is 0 Å². The average molecular weight is 282 g/mol. The summed E-state index contributed by atoms with van der Waals surface area (Å²) in [5.74, 6) is -1.02. The number of nitrogens with one attached hydrogen (secondary N) is 1. The molecular formula is C12H11FN2O3S. The molecule has 2 aromatic rings. The Kier molecular flexibility index (Phi) is 3.66. The third kappa shape index (κ3) is 2.82. The summed E-state index contributed by atoms with van der Waals surface area (Å²) < 4.78 is 18.6. The van der Waals surface area contributed by atoms with Gasteiger partial charge in [-0.1, -0.05) is 11.3 Å². The number of carboxylic acids is 1. The zero-order valence-electron chi connectivity index (χ0n) is 10.2. The SMILES string of the molecule is COc1ccc(F)c(Nc2nc(C)c(C(=O)O)s2)c1. The second-order valence-electron chi connectivity index (χ2n) is 3.71. The summed E-state index contributed by atoms with van der Waals surface area (Å²) in [5.41, 5.74) is 0.577. The second kappa shape index (κ2) is 5.23. The van der Waals surface area contributed by atoms with Gasteiger partial charge in [0.2, 0.25) is 0 Å². The van der Waals surface area contributed by atoms with Gasteiger partial charge in [-0.25, -0.2) is 14.2 Å². The Labute approximate surface area is 112 Å². The van der Waals surface area contributed by atoms with Crippen LogP contribution >= 0.6 is 11.3 Å². The first-order chi connectivity index (χ1) is 9.01. The molecule has 1 aromatic heterocycles. The number of thiazole rings is 1. The minimum absolute atomic E-state index is 0.130. The summed E-state index contributed by atoms with van der Waals surface area (Å²) >= 11 is 0.955. The Hall–Kier alpha value is -2.15. The van der Waals surface area contributed by atoms with Gasteiger partial charge < -0.3 is 15.2 Å². The summed E-state index contributed by atoms with van der Waals surface area (Å²) in [4.78, 5) is 15.1. The van der Waals surface area contributed by atoms with Gasteiger partial charge in [0.25, 0.3) is 0 Å². The minimum atomic E-state index is -1.05. The van der Waals surface area contributed by atoms with Gasteiger partial charge in [-0.3, -0.25) is 0 Å². The molecule has 0 fully saturated rings. The predicted octanol–water partition coefficient (Wildman–Crippen LogP) is 3.04. The van der Waals surface area contributed by atoms with E-state index < -0.39 is 11.8 Å². The monoisotopic (exact) mass is 282 g/mol. The van der Waals surface area contributed by atoms with Gasteiger partial charge in [0.15, 0.2) is 5.13 Å². The molecular weight excluding hydrogens is 271 g/mol. The van der Waals surface area contributed by atoms with Crippen LogP contribution in [0.2, 0.25) is 0 Å². The molecule has 5 nitrogen and oxygen atoms in total. The van der Waals surface area contributed by atoms with Crippen LogP contribution in [-0.2, 0) is 0 Å². The Morgan fingerprint density at radius 3 is 2.84 bits per heavy atom. The van der Waals surface area contributed by atoms with Gasteiger partial charge in [-0.2, -0.15) is 0 Å². The first-order valence-electron chi connectivity index (χ1n) is 5.32. The number of aromatic nitrogens is 1. The van der Waals surface area contributed by atoms with Crippen molar-refractivity contribution in [2.45, 2.75) is 6.92 Å². The maximum atomic E-state index is 13.6. The number of anilines is 2. The van der Waals surface area contributed by atoms with Crippen molar-refractivity contribution in [2.24, 2.45) is 0 Å². The first kappa shape index (κ1) is 13.3. The van der Waals surface area contributed by atoms with Gasteiger partial charge in [0.1, 0.15) is 16.4 Å². The molecule has 0 bridgehead atoms. The topological polar surface area (TPSA) is 71.5 Å². The molecule has 19 heavy (non-hydrogen) atoms. The molecule has 1 heterocycles. The van der Waals surface area contributed by atoms with Crippen LogP contribution < -0.4 is 10.1 Å². The van der Waals surface area contributed by atoms with Gasteiger partial charge in [-0.15, -0.1) is 0 Å². The van der Waals surface area contributed by atoms with Crippen molar-refractivity contribution in [2.75, 3.05) is 12.4 Å². The molecule has 0 aliphatic rings. The zero-order valence-corrected chi connectivity index (χ0v) is 11.0. The lowest BCUT2D eigenvalue weighted by Crippen LogP contribution is -1.94. The van der Waals surface area contributed by atoms with E-state index in [0.717, 1.165) is 11.3 Å². The van der Waals surface area contributed by atoms with E-state index in [1.54, 1.807) is 6.92 Å². The average Bonchev–Trinajstić information content (AvgIpc) is 2.73. The Balaban J connectivity index is 2.30. The molecule has 0 atom stereocenters. The standard InChI is InChI=1S/C12H11FN2O3S/c1-6-10(11(16)17)19-12(14-6)15-9-5-7(18-2)3-4-8(9)13/h3-5H,1-2H3,(H,14,15)(H,16,17). The molecule has 1 aromatic carbocycles. The number of methoxy groups -OCH3 is 1. The number of aromatic carboxylic acids is 1. The van der Waals surface area contributed by atoms with Gasteiger partial charge >= 0.3 is 5.97 Å². The first-order valence-corrected chi connectivity index (χ1v) is 6.14. The zero-order chi connectivity index (χ0) is 14.0. The number of nitrogens with zero attached hydrogens (tertiary/aromatic N) is 1. The molecule has 2 rings (SSSR count). The molecule has 0 unspecified atom stereocenters. The molecule has 100 valence electrons. The third-order valence-electron chi connectivity index (χ3n) is 2.41. The van der Waals surface area contributed by atoms with Crippen LogP contribution in [0, 0.1) is 12.7 Å². The van der Waals surface area contributed by atoms with Crippen molar-refractivity contribution in [3.63, 3.8) is 0 Å². The summed E-state index contributed by atoms with van der Waals surface area (Å²) in [6.45, 7) is 1.59. The van der Waals surface area contributed by atoms with E-state index >= 15 is 0 Å². The number of benzene rings is 1. The summed E-state index contributed by atoms with van der Waals surface area (Å²) in [7, 11) is 1.48. The lowest BCUT2D eigenvalue weighted by Gasteiger charge is -2.06. The minimum Gasteiger partial charge on any atom is -0.497 e.